The summed E-state index contributed by atoms with van der Waals surface area (Å²) in [6.07, 6.45) is 3.43. The highest BCUT2D eigenvalue weighted by Crippen LogP contribution is 2.40. The van der Waals surface area contributed by atoms with Crippen molar-refractivity contribution in [2.24, 2.45) is 5.73 Å². The third-order valence-electron chi connectivity index (χ3n) is 5.80. The summed E-state index contributed by atoms with van der Waals surface area (Å²) in [6.45, 7) is 1.01. The molecule has 2 bridgehead atoms. The Morgan fingerprint density at radius 2 is 1.93 bits per heavy atom. The topological polar surface area (TPSA) is 97.7 Å². The third-order valence-corrected chi connectivity index (χ3v) is 5.80. The van der Waals surface area contributed by atoms with Crippen LogP contribution in [0.4, 0.5) is 4.79 Å². The quantitative estimate of drug-likeness (QED) is 0.869. The second-order valence-corrected chi connectivity index (χ2v) is 7.67. The van der Waals surface area contributed by atoms with Crippen LogP contribution in [0.15, 0.2) is 34.7 Å². The van der Waals surface area contributed by atoms with E-state index in [4.69, 9.17) is 15.0 Å². The molecule has 1 aromatic heterocycles. The Kier molecular flexibility index (Phi) is 4.09. The Morgan fingerprint density at radius 3 is 2.70 bits per heavy atom. The van der Waals surface area contributed by atoms with Crippen LogP contribution >= 0.6 is 0 Å². The van der Waals surface area contributed by atoms with E-state index < -0.39 is 0 Å². The van der Waals surface area contributed by atoms with Crippen LogP contribution in [0.1, 0.15) is 55.0 Å². The van der Waals surface area contributed by atoms with Gasteiger partial charge >= 0.3 is 6.03 Å². The molecule has 8 nitrogen and oxygen atoms in total. The molecule has 142 valence electrons. The summed E-state index contributed by atoms with van der Waals surface area (Å²) >= 11 is 0. The predicted molar refractivity (Wildman–Crippen MR) is 95.2 cm³/mol. The average molecular weight is 369 g/mol. The number of carbonyl (C=O) groups is 1. The van der Waals surface area contributed by atoms with Gasteiger partial charge in [0.15, 0.2) is 0 Å². The maximum absolute atomic E-state index is 12.9. The first-order valence-corrected chi connectivity index (χ1v) is 9.54. The monoisotopic (exact) mass is 369 g/mol. The number of urea groups is 1. The summed E-state index contributed by atoms with van der Waals surface area (Å²) < 4.78 is 5.91. The van der Waals surface area contributed by atoms with Gasteiger partial charge in [-0.15, -0.1) is 10.2 Å². The fraction of sp³-hybridized carbons (Fsp3) is 0.526. The molecule has 2 unspecified atom stereocenters. The molecule has 1 saturated carbocycles. The highest BCUT2D eigenvalue weighted by Gasteiger charge is 2.48. The van der Waals surface area contributed by atoms with Crippen molar-refractivity contribution in [3.8, 4) is 0 Å². The van der Waals surface area contributed by atoms with E-state index in [-0.39, 0.29) is 30.1 Å². The van der Waals surface area contributed by atoms with E-state index in [1.165, 1.54) is 5.06 Å². The Balaban J connectivity index is 1.26. The zero-order valence-electron chi connectivity index (χ0n) is 15.0. The minimum absolute atomic E-state index is 0.0736. The molecule has 0 spiro atoms. The van der Waals surface area contributed by atoms with Crippen LogP contribution in [0.25, 0.3) is 0 Å². The second kappa shape index (κ2) is 6.61. The van der Waals surface area contributed by atoms with Gasteiger partial charge in [-0.2, -0.15) is 5.06 Å². The molecule has 1 aliphatic carbocycles. The molecular weight excluding hydrogens is 346 g/mol. The Labute approximate surface area is 157 Å². The van der Waals surface area contributed by atoms with Gasteiger partial charge < -0.3 is 15.1 Å². The number of amides is 2. The van der Waals surface area contributed by atoms with Gasteiger partial charge in [0.25, 0.3) is 0 Å². The molecule has 5 rings (SSSR count). The van der Waals surface area contributed by atoms with Crippen molar-refractivity contribution in [2.45, 2.75) is 56.3 Å². The molecule has 2 atom stereocenters. The highest BCUT2D eigenvalue weighted by atomic mass is 16.7. The fourth-order valence-electron chi connectivity index (χ4n) is 4.18. The Bertz CT molecular complexity index is 820. The molecule has 2 saturated heterocycles. The van der Waals surface area contributed by atoms with Crippen molar-refractivity contribution in [1.82, 2.24) is 20.2 Å². The van der Waals surface area contributed by atoms with E-state index in [2.05, 4.69) is 10.2 Å². The lowest BCUT2D eigenvalue weighted by Gasteiger charge is -2.29. The van der Waals surface area contributed by atoms with Gasteiger partial charge in [0, 0.05) is 18.5 Å². The average Bonchev–Trinajstić information content (AvgIpc) is 3.23. The van der Waals surface area contributed by atoms with Crippen LogP contribution in [0.3, 0.4) is 0 Å². The first-order valence-electron chi connectivity index (χ1n) is 9.54. The predicted octanol–water partition coefficient (Wildman–Crippen LogP) is 2.35. The van der Waals surface area contributed by atoms with Crippen LogP contribution < -0.4 is 5.73 Å². The van der Waals surface area contributed by atoms with Gasteiger partial charge in [-0.1, -0.05) is 30.3 Å². The number of nitrogens with zero attached hydrogens (tertiary/aromatic N) is 4. The number of hydrogen-bond donors (Lipinski definition) is 1. The summed E-state index contributed by atoms with van der Waals surface area (Å²) in [7, 11) is 0. The van der Waals surface area contributed by atoms with Gasteiger partial charge in [0.05, 0.1) is 6.04 Å². The van der Waals surface area contributed by atoms with Crippen molar-refractivity contribution < 1.29 is 14.0 Å². The lowest BCUT2D eigenvalue weighted by Crippen LogP contribution is -2.35. The second-order valence-electron chi connectivity index (χ2n) is 7.67. The molecule has 3 fully saturated rings. The van der Waals surface area contributed by atoms with Crippen molar-refractivity contribution in [2.75, 3.05) is 6.54 Å². The SMILES string of the molecule is NC1CC(c2nnc(C3CCC4CN3C(=O)N4OCc3ccccc3)o2)C1. The smallest absolute Gasteiger partial charge is 0.345 e. The number of benzene rings is 1. The van der Waals surface area contributed by atoms with Gasteiger partial charge in [-0.05, 0) is 31.2 Å². The lowest BCUT2D eigenvalue weighted by molar-refractivity contribution is -0.140. The van der Waals surface area contributed by atoms with E-state index in [1.54, 1.807) is 4.90 Å². The maximum Gasteiger partial charge on any atom is 0.345 e. The van der Waals surface area contributed by atoms with Crippen LogP contribution in [0.5, 0.6) is 0 Å². The third kappa shape index (κ3) is 2.98. The summed E-state index contributed by atoms with van der Waals surface area (Å²) in [4.78, 5) is 20.5. The molecule has 1 aromatic carbocycles. The lowest BCUT2D eigenvalue weighted by atomic mass is 9.81. The van der Waals surface area contributed by atoms with Crippen molar-refractivity contribution in [1.29, 1.82) is 0 Å². The largest absolute Gasteiger partial charge is 0.423 e. The minimum atomic E-state index is -0.172. The van der Waals surface area contributed by atoms with E-state index in [9.17, 15) is 4.79 Å². The normalized spacial score (nSPS) is 29.9. The van der Waals surface area contributed by atoms with Crippen LogP contribution in [-0.4, -0.2) is 44.8 Å². The van der Waals surface area contributed by atoms with Gasteiger partial charge in [0.1, 0.15) is 12.6 Å². The van der Waals surface area contributed by atoms with Crippen molar-refractivity contribution in [3.63, 3.8) is 0 Å². The van der Waals surface area contributed by atoms with E-state index in [1.807, 2.05) is 30.3 Å². The van der Waals surface area contributed by atoms with Gasteiger partial charge in [-0.3, -0.25) is 4.84 Å². The maximum atomic E-state index is 12.9. The highest BCUT2D eigenvalue weighted by molar-refractivity contribution is 5.77. The number of piperidine rings is 1. The molecule has 3 heterocycles. The summed E-state index contributed by atoms with van der Waals surface area (Å²) in [6, 6.07) is 9.88. The Hall–Kier alpha value is -2.45. The van der Waals surface area contributed by atoms with Crippen molar-refractivity contribution >= 4 is 6.03 Å². The van der Waals surface area contributed by atoms with Gasteiger partial charge in [-0.25, -0.2) is 4.79 Å². The number of hydrogen-bond acceptors (Lipinski definition) is 6. The molecule has 2 N–H and O–H groups in total. The van der Waals surface area contributed by atoms with Crippen LogP contribution in [0.2, 0.25) is 0 Å². The molecule has 3 aliphatic rings. The minimum Gasteiger partial charge on any atom is -0.423 e. The van der Waals surface area contributed by atoms with E-state index in [0.29, 0.717) is 24.9 Å². The van der Waals surface area contributed by atoms with Crippen molar-refractivity contribution in [3.05, 3.63) is 47.7 Å². The number of carbonyl (C=O) groups excluding carboxylic acids is 1. The summed E-state index contributed by atoms with van der Waals surface area (Å²) in [5, 5.41) is 9.95. The Morgan fingerprint density at radius 1 is 1.15 bits per heavy atom. The van der Waals surface area contributed by atoms with E-state index in [0.717, 1.165) is 31.2 Å². The fourth-order valence-corrected chi connectivity index (χ4v) is 4.18. The molecule has 2 amide bonds. The molecule has 2 aliphatic heterocycles. The van der Waals surface area contributed by atoms with Crippen LogP contribution in [0, 0.1) is 0 Å². The van der Waals surface area contributed by atoms with Gasteiger partial charge in [0.2, 0.25) is 11.8 Å². The number of rotatable bonds is 5. The molecule has 27 heavy (non-hydrogen) atoms. The van der Waals surface area contributed by atoms with E-state index >= 15 is 0 Å². The van der Waals surface area contributed by atoms with Crippen LogP contribution in [-0.2, 0) is 11.4 Å². The number of fused-ring (bicyclic) bond motifs is 2. The first kappa shape index (κ1) is 16.7. The summed E-state index contributed by atoms with van der Waals surface area (Å²) in [5.41, 5.74) is 6.89. The molecule has 2 aromatic rings. The number of hydroxylamine groups is 2. The molecular formula is C19H23N5O3. The molecule has 8 heteroatoms. The standard InChI is InChI=1S/C19H23N5O3/c20-14-8-13(9-14)17-21-22-18(27-17)16-7-6-15-10-23(16)19(25)24(15)26-11-12-4-2-1-3-5-12/h1-5,13-16H,6-11,20H2. The molecule has 0 radical (unpaired) electrons. The number of nitrogens with two attached hydrogens (primary N) is 1. The zero-order valence-corrected chi connectivity index (χ0v) is 15.0. The zero-order chi connectivity index (χ0) is 18.4. The number of aromatic nitrogens is 2. The summed E-state index contributed by atoms with van der Waals surface area (Å²) in [5.74, 6) is 1.44. The first-order chi connectivity index (χ1) is 13.2.